The largest absolute Gasteiger partial charge is 0.491 e. The highest BCUT2D eigenvalue weighted by molar-refractivity contribution is 5.88. The molecule has 2 aromatic rings. The SMILES string of the molecule is CC(C)CC[C@H](c1ccc(C(F)(F)C(F)(F)F)cc1)N1CC[C@@H](CC(=O)OC(=O)C(F)(F)F)C[C@H]1c1ccc(C(F)(F)F)cc1. The molecular weight excluding hydrogens is 631 g/mol. The van der Waals surface area contributed by atoms with Crippen LogP contribution in [0.15, 0.2) is 48.5 Å². The van der Waals surface area contributed by atoms with E-state index in [1.807, 2.05) is 18.7 Å². The fourth-order valence-corrected chi connectivity index (χ4v) is 5.37. The van der Waals surface area contributed by atoms with Gasteiger partial charge >= 0.3 is 36.4 Å². The molecule has 0 N–H and O–H groups in total. The number of halogens is 11. The van der Waals surface area contributed by atoms with Crippen LogP contribution in [0.3, 0.4) is 0 Å². The van der Waals surface area contributed by atoms with E-state index < -0.39 is 71.9 Å². The summed E-state index contributed by atoms with van der Waals surface area (Å²) in [7, 11) is 0. The smallest absolute Gasteiger partial charge is 0.386 e. The number of hydrogen-bond donors (Lipinski definition) is 0. The van der Waals surface area contributed by atoms with Gasteiger partial charge in [0.2, 0.25) is 0 Å². The molecule has 4 nitrogen and oxygen atoms in total. The summed E-state index contributed by atoms with van der Waals surface area (Å²) in [6.07, 6.45) is -15.3. The second kappa shape index (κ2) is 13.6. The number of esters is 2. The molecular formula is C30H30F11NO3. The lowest BCUT2D eigenvalue weighted by atomic mass is 9.82. The minimum Gasteiger partial charge on any atom is -0.386 e. The summed E-state index contributed by atoms with van der Waals surface area (Å²) in [6.45, 7) is 3.93. The lowest BCUT2D eigenvalue weighted by molar-refractivity contribution is -0.289. The van der Waals surface area contributed by atoms with E-state index in [4.69, 9.17) is 0 Å². The first-order chi connectivity index (χ1) is 20.6. The molecule has 0 saturated carbocycles. The highest BCUT2D eigenvalue weighted by atomic mass is 19.4. The minimum absolute atomic E-state index is 0.0308. The molecule has 0 unspecified atom stereocenters. The van der Waals surface area contributed by atoms with Crippen molar-refractivity contribution in [3.63, 3.8) is 0 Å². The maximum absolute atomic E-state index is 14.0. The molecule has 250 valence electrons. The Bertz CT molecular complexity index is 1300. The molecule has 1 heterocycles. The van der Waals surface area contributed by atoms with Crippen LogP contribution < -0.4 is 0 Å². The summed E-state index contributed by atoms with van der Waals surface area (Å²) in [5.74, 6) is -9.75. The number of nitrogens with zero attached hydrogens (tertiary/aromatic N) is 1. The number of ether oxygens (including phenoxy) is 1. The van der Waals surface area contributed by atoms with Gasteiger partial charge in [-0.25, -0.2) is 4.79 Å². The van der Waals surface area contributed by atoms with Gasteiger partial charge in [-0.15, -0.1) is 0 Å². The van der Waals surface area contributed by atoms with E-state index in [2.05, 4.69) is 4.74 Å². The van der Waals surface area contributed by atoms with E-state index >= 15 is 0 Å². The third-order valence-corrected chi connectivity index (χ3v) is 7.70. The zero-order chi connectivity index (χ0) is 34.0. The van der Waals surface area contributed by atoms with Crippen molar-refractivity contribution in [1.29, 1.82) is 0 Å². The van der Waals surface area contributed by atoms with Crippen molar-refractivity contribution in [2.24, 2.45) is 11.8 Å². The van der Waals surface area contributed by atoms with Crippen LogP contribution in [0.2, 0.25) is 0 Å². The van der Waals surface area contributed by atoms with E-state index in [1.165, 1.54) is 12.1 Å². The summed E-state index contributed by atoms with van der Waals surface area (Å²) in [5.41, 5.74) is -1.51. The number of piperidine rings is 1. The Kier molecular flexibility index (Phi) is 11.0. The zero-order valence-corrected chi connectivity index (χ0v) is 24.0. The standard InChI is InChI=1S/C30H30F11NO3/c1-17(2)3-12-23(19-4-8-21(9-5-19)27(31,32)30(39,40)41)42-14-13-18(16-25(43)45-26(44)29(36,37)38)15-24(42)20-6-10-22(11-7-20)28(33,34)35/h4-11,17-18,23-24H,3,12-16H2,1-2H3/t18-,23-,24+/m1/s1. The number of rotatable bonds is 9. The Labute approximate surface area is 251 Å². The number of carbonyl (C=O) groups excluding carboxylic acids is 2. The predicted molar refractivity (Wildman–Crippen MR) is 139 cm³/mol. The number of alkyl halides is 11. The monoisotopic (exact) mass is 661 g/mol. The maximum atomic E-state index is 14.0. The molecule has 0 radical (unpaired) electrons. The first kappa shape index (κ1) is 36.2. The second-order valence-electron chi connectivity index (χ2n) is 11.4. The quantitative estimate of drug-likeness (QED) is 0.153. The van der Waals surface area contributed by atoms with Crippen molar-refractivity contribution in [2.75, 3.05) is 6.54 Å². The first-order valence-corrected chi connectivity index (χ1v) is 13.9. The third-order valence-electron chi connectivity index (χ3n) is 7.70. The van der Waals surface area contributed by atoms with Crippen LogP contribution in [0.5, 0.6) is 0 Å². The van der Waals surface area contributed by atoms with Crippen LogP contribution >= 0.6 is 0 Å². The Balaban J connectivity index is 1.98. The molecule has 2 aromatic carbocycles. The van der Waals surface area contributed by atoms with Crippen molar-refractivity contribution in [3.05, 3.63) is 70.8 Å². The van der Waals surface area contributed by atoms with Crippen LogP contribution in [-0.4, -0.2) is 35.7 Å². The van der Waals surface area contributed by atoms with Crippen molar-refractivity contribution < 1.29 is 62.6 Å². The van der Waals surface area contributed by atoms with Gasteiger partial charge in [-0.1, -0.05) is 50.2 Å². The Morgan fingerprint density at radius 1 is 0.822 bits per heavy atom. The van der Waals surface area contributed by atoms with Crippen LogP contribution in [0.4, 0.5) is 48.3 Å². The molecule has 45 heavy (non-hydrogen) atoms. The minimum atomic E-state index is -5.83. The van der Waals surface area contributed by atoms with Crippen molar-refractivity contribution in [2.45, 2.75) is 82.5 Å². The fourth-order valence-electron chi connectivity index (χ4n) is 5.37. The molecule has 3 rings (SSSR count). The van der Waals surface area contributed by atoms with E-state index in [1.54, 1.807) is 0 Å². The number of carbonyl (C=O) groups is 2. The maximum Gasteiger partial charge on any atom is 0.491 e. The van der Waals surface area contributed by atoms with Gasteiger partial charge in [0.25, 0.3) is 0 Å². The van der Waals surface area contributed by atoms with Gasteiger partial charge in [0, 0.05) is 24.1 Å². The van der Waals surface area contributed by atoms with Crippen molar-refractivity contribution in [1.82, 2.24) is 4.90 Å². The van der Waals surface area contributed by atoms with Gasteiger partial charge < -0.3 is 4.74 Å². The summed E-state index contributed by atoms with van der Waals surface area (Å²) < 4.78 is 148. The van der Waals surface area contributed by atoms with Crippen molar-refractivity contribution in [3.8, 4) is 0 Å². The molecule has 0 aromatic heterocycles. The average molecular weight is 662 g/mol. The molecule has 0 bridgehead atoms. The predicted octanol–water partition coefficient (Wildman–Crippen LogP) is 9.31. The molecule has 0 amide bonds. The van der Waals surface area contributed by atoms with E-state index in [-0.39, 0.29) is 25.3 Å². The first-order valence-electron chi connectivity index (χ1n) is 13.9. The molecule has 1 saturated heterocycles. The van der Waals surface area contributed by atoms with E-state index in [0.717, 1.165) is 24.3 Å². The highest BCUT2D eigenvalue weighted by Crippen LogP contribution is 2.46. The van der Waals surface area contributed by atoms with Crippen LogP contribution in [0.25, 0.3) is 0 Å². The van der Waals surface area contributed by atoms with Gasteiger partial charge in [-0.2, -0.15) is 48.3 Å². The van der Waals surface area contributed by atoms with E-state index in [0.29, 0.717) is 36.1 Å². The lowest BCUT2D eigenvalue weighted by Crippen LogP contribution is -2.40. The van der Waals surface area contributed by atoms with Crippen LogP contribution in [-0.2, 0) is 26.4 Å². The topological polar surface area (TPSA) is 46.6 Å². The van der Waals surface area contributed by atoms with Gasteiger partial charge in [0.05, 0.1) is 5.56 Å². The second-order valence-corrected chi connectivity index (χ2v) is 11.4. The summed E-state index contributed by atoms with van der Waals surface area (Å²) in [4.78, 5) is 25.1. The number of likely N-dealkylation sites (tertiary alicyclic amines) is 1. The van der Waals surface area contributed by atoms with Crippen molar-refractivity contribution >= 4 is 11.9 Å². The third kappa shape index (κ3) is 9.17. The summed E-state index contributed by atoms with van der Waals surface area (Å²) >= 11 is 0. The summed E-state index contributed by atoms with van der Waals surface area (Å²) in [6, 6.07) is 6.33. The van der Waals surface area contributed by atoms with Gasteiger partial charge in [-0.05, 0) is 67.3 Å². The van der Waals surface area contributed by atoms with Gasteiger partial charge in [0.1, 0.15) is 0 Å². The Morgan fingerprint density at radius 3 is 1.87 bits per heavy atom. The van der Waals surface area contributed by atoms with Crippen LogP contribution in [0.1, 0.15) is 80.3 Å². The number of benzene rings is 2. The molecule has 1 fully saturated rings. The van der Waals surface area contributed by atoms with E-state index in [9.17, 15) is 57.9 Å². The van der Waals surface area contributed by atoms with Crippen LogP contribution in [0, 0.1) is 11.8 Å². The molecule has 3 atom stereocenters. The molecule has 15 heteroatoms. The fraction of sp³-hybridized carbons (Fsp3) is 0.533. The highest BCUT2D eigenvalue weighted by Gasteiger charge is 2.58. The Morgan fingerprint density at radius 2 is 1.38 bits per heavy atom. The lowest BCUT2D eigenvalue weighted by Gasteiger charge is -2.44. The Hall–Kier alpha value is -3.23. The molecule has 1 aliphatic rings. The number of hydrogen-bond acceptors (Lipinski definition) is 4. The van der Waals surface area contributed by atoms with Gasteiger partial charge in [-0.3, -0.25) is 9.69 Å². The summed E-state index contributed by atoms with van der Waals surface area (Å²) in [5, 5.41) is 0. The molecule has 0 spiro atoms. The zero-order valence-electron chi connectivity index (χ0n) is 24.0. The molecule has 0 aliphatic carbocycles. The normalized spacial score (nSPS) is 19.4. The van der Waals surface area contributed by atoms with Gasteiger partial charge in [0.15, 0.2) is 0 Å². The average Bonchev–Trinajstić information content (AvgIpc) is 2.92. The molecule has 1 aliphatic heterocycles.